The molecular formula is C20H23N5O3. The van der Waals surface area contributed by atoms with Gasteiger partial charge in [0.25, 0.3) is 5.56 Å². The van der Waals surface area contributed by atoms with Crippen LogP contribution in [0.4, 0.5) is 0 Å². The number of hydrogen-bond donors (Lipinski definition) is 1. The van der Waals surface area contributed by atoms with Gasteiger partial charge in [-0.25, -0.2) is 4.68 Å². The van der Waals surface area contributed by atoms with E-state index >= 15 is 0 Å². The molecular weight excluding hydrogens is 358 g/mol. The summed E-state index contributed by atoms with van der Waals surface area (Å²) in [6.07, 6.45) is 0.116. The first kappa shape index (κ1) is 18.4. The summed E-state index contributed by atoms with van der Waals surface area (Å²) in [7, 11) is 0. The highest BCUT2D eigenvalue weighted by Gasteiger charge is 2.22. The first-order valence-corrected chi connectivity index (χ1v) is 9.43. The van der Waals surface area contributed by atoms with Crippen LogP contribution in [0, 0.1) is 6.92 Å². The number of benzene rings is 1. The van der Waals surface area contributed by atoms with Gasteiger partial charge in [-0.15, -0.1) is 0 Å². The molecule has 1 N–H and O–H groups in total. The van der Waals surface area contributed by atoms with Gasteiger partial charge in [-0.2, -0.15) is 10.2 Å². The maximum Gasteiger partial charge on any atom is 0.275 e. The molecule has 1 aromatic carbocycles. The average molecular weight is 381 g/mol. The molecule has 3 heterocycles. The van der Waals surface area contributed by atoms with E-state index in [2.05, 4.69) is 10.2 Å². The van der Waals surface area contributed by atoms with Crippen molar-refractivity contribution in [2.75, 3.05) is 6.54 Å². The number of carbonyl (C=O) groups is 1. The zero-order valence-electron chi connectivity index (χ0n) is 16.0. The van der Waals surface area contributed by atoms with Gasteiger partial charge in [0, 0.05) is 18.5 Å². The number of nitrogens with zero attached hydrogens (tertiary/aromatic N) is 5. The van der Waals surface area contributed by atoms with E-state index in [9.17, 15) is 14.7 Å². The number of fused-ring (bicyclic) bond motifs is 2. The number of carbonyl (C=O) groups excluding carboxylic acids is 1. The van der Waals surface area contributed by atoms with Crippen LogP contribution in [0.5, 0.6) is 0 Å². The minimum absolute atomic E-state index is 0.0953. The number of amides is 1. The highest BCUT2D eigenvalue weighted by molar-refractivity contribution is 5.83. The fraction of sp³-hybridized carbons (Fsp3) is 0.400. The third kappa shape index (κ3) is 3.31. The largest absolute Gasteiger partial charge is 0.387 e. The van der Waals surface area contributed by atoms with Crippen molar-refractivity contribution < 1.29 is 9.90 Å². The third-order valence-corrected chi connectivity index (χ3v) is 5.15. The highest BCUT2D eigenvalue weighted by atomic mass is 16.3. The molecule has 146 valence electrons. The van der Waals surface area contributed by atoms with E-state index in [1.165, 1.54) is 4.68 Å². The molecule has 0 saturated heterocycles. The lowest BCUT2D eigenvalue weighted by molar-refractivity contribution is -0.132. The summed E-state index contributed by atoms with van der Waals surface area (Å²) in [4.78, 5) is 27.4. The maximum atomic E-state index is 12.9. The van der Waals surface area contributed by atoms with Gasteiger partial charge in [-0.1, -0.05) is 18.2 Å². The van der Waals surface area contributed by atoms with Crippen LogP contribution in [-0.4, -0.2) is 42.0 Å². The summed E-state index contributed by atoms with van der Waals surface area (Å²) in [5.41, 5.74) is 1.95. The van der Waals surface area contributed by atoms with Gasteiger partial charge in [-0.3, -0.25) is 14.3 Å². The van der Waals surface area contributed by atoms with Crippen molar-refractivity contribution in [2.45, 2.75) is 46.0 Å². The minimum Gasteiger partial charge on any atom is -0.387 e. The SMILES string of the molecule is Cc1nn(CC(=O)N2CCCn3nc([C@@H](C)O)cc3C2)c(=O)c2ccccc12. The number of aryl methyl sites for hydroxylation is 2. The van der Waals surface area contributed by atoms with E-state index in [-0.39, 0.29) is 18.0 Å². The van der Waals surface area contributed by atoms with Gasteiger partial charge in [-0.05, 0) is 32.4 Å². The van der Waals surface area contributed by atoms with Gasteiger partial charge in [0.05, 0.1) is 35.1 Å². The molecule has 2 aromatic heterocycles. The summed E-state index contributed by atoms with van der Waals surface area (Å²) in [6.45, 7) is 5.10. The Kier molecular flexibility index (Phi) is 4.72. The topological polar surface area (TPSA) is 93.2 Å². The minimum atomic E-state index is -0.646. The average Bonchev–Trinajstić information content (AvgIpc) is 2.98. The van der Waals surface area contributed by atoms with Crippen LogP contribution in [0.3, 0.4) is 0 Å². The summed E-state index contributed by atoms with van der Waals surface area (Å²) < 4.78 is 3.10. The molecule has 0 fully saturated rings. The van der Waals surface area contributed by atoms with Crippen molar-refractivity contribution >= 4 is 16.7 Å². The molecule has 0 spiro atoms. The smallest absolute Gasteiger partial charge is 0.275 e. The van der Waals surface area contributed by atoms with Crippen LogP contribution >= 0.6 is 0 Å². The maximum absolute atomic E-state index is 12.9. The Balaban J connectivity index is 1.59. The Morgan fingerprint density at radius 1 is 1.21 bits per heavy atom. The molecule has 1 atom stereocenters. The standard InChI is InChI=1S/C20H23N5O3/c1-13-16-6-3-4-7-17(16)20(28)25(21-13)12-19(27)23-8-5-9-24-15(11-23)10-18(22-24)14(2)26/h3-4,6-7,10,14,26H,5,8-9,11-12H2,1-2H3/t14-/m1/s1. The molecule has 1 aliphatic heterocycles. The fourth-order valence-electron chi connectivity index (χ4n) is 3.64. The Labute approximate surface area is 162 Å². The molecule has 0 saturated carbocycles. The van der Waals surface area contributed by atoms with E-state index in [4.69, 9.17) is 0 Å². The predicted octanol–water partition coefficient (Wildman–Crippen LogP) is 1.39. The monoisotopic (exact) mass is 381 g/mol. The van der Waals surface area contributed by atoms with Crippen LogP contribution < -0.4 is 5.56 Å². The second-order valence-electron chi connectivity index (χ2n) is 7.22. The Morgan fingerprint density at radius 3 is 2.71 bits per heavy atom. The van der Waals surface area contributed by atoms with Crippen LogP contribution in [0.2, 0.25) is 0 Å². The van der Waals surface area contributed by atoms with Crippen LogP contribution in [-0.2, 0) is 24.4 Å². The fourth-order valence-corrected chi connectivity index (χ4v) is 3.64. The van der Waals surface area contributed by atoms with Crippen LogP contribution in [0.25, 0.3) is 10.8 Å². The summed E-state index contributed by atoms with van der Waals surface area (Å²) >= 11 is 0. The molecule has 3 aromatic rings. The van der Waals surface area contributed by atoms with Crippen molar-refractivity contribution in [1.29, 1.82) is 0 Å². The molecule has 0 radical (unpaired) electrons. The lowest BCUT2D eigenvalue weighted by Gasteiger charge is -2.20. The quantitative estimate of drug-likeness (QED) is 0.740. The number of hydrogen-bond acceptors (Lipinski definition) is 5. The van der Waals surface area contributed by atoms with Crippen molar-refractivity contribution in [3.63, 3.8) is 0 Å². The zero-order chi connectivity index (χ0) is 19.8. The first-order valence-electron chi connectivity index (χ1n) is 9.43. The normalized spacial score (nSPS) is 15.3. The van der Waals surface area contributed by atoms with Gasteiger partial charge >= 0.3 is 0 Å². The third-order valence-electron chi connectivity index (χ3n) is 5.15. The number of rotatable bonds is 3. The van der Waals surface area contributed by atoms with Gasteiger partial charge in [0.2, 0.25) is 5.91 Å². The lowest BCUT2D eigenvalue weighted by atomic mass is 10.1. The summed E-state index contributed by atoms with van der Waals surface area (Å²) in [6, 6.07) is 9.13. The van der Waals surface area contributed by atoms with E-state index in [1.807, 2.05) is 35.9 Å². The Bertz CT molecular complexity index is 1100. The van der Waals surface area contributed by atoms with Gasteiger partial charge in [0.1, 0.15) is 6.54 Å². The van der Waals surface area contributed by atoms with E-state index in [0.717, 1.165) is 23.2 Å². The second kappa shape index (κ2) is 7.20. The molecule has 0 unspecified atom stereocenters. The van der Waals surface area contributed by atoms with Crippen LogP contribution in [0.15, 0.2) is 35.1 Å². The molecule has 0 bridgehead atoms. The number of aromatic nitrogens is 4. The van der Waals surface area contributed by atoms with Crippen molar-refractivity contribution in [3.05, 3.63) is 57.8 Å². The Hall–Kier alpha value is -3.00. The van der Waals surface area contributed by atoms with E-state index < -0.39 is 6.10 Å². The number of aliphatic hydroxyl groups excluding tert-OH is 1. The Morgan fingerprint density at radius 2 is 1.96 bits per heavy atom. The zero-order valence-corrected chi connectivity index (χ0v) is 16.0. The second-order valence-corrected chi connectivity index (χ2v) is 7.22. The molecule has 8 nitrogen and oxygen atoms in total. The molecule has 4 rings (SSSR count). The van der Waals surface area contributed by atoms with Crippen LogP contribution in [0.1, 0.15) is 36.5 Å². The van der Waals surface area contributed by atoms with Crippen molar-refractivity contribution in [3.8, 4) is 0 Å². The highest BCUT2D eigenvalue weighted by Crippen LogP contribution is 2.18. The lowest BCUT2D eigenvalue weighted by Crippen LogP contribution is -2.37. The molecule has 1 amide bonds. The number of aliphatic hydroxyl groups is 1. The van der Waals surface area contributed by atoms with E-state index in [1.54, 1.807) is 17.9 Å². The van der Waals surface area contributed by atoms with Crippen molar-refractivity contribution in [1.82, 2.24) is 24.5 Å². The van der Waals surface area contributed by atoms with E-state index in [0.29, 0.717) is 30.7 Å². The molecule has 28 heavy (non-hydrogen) atoms. The van der Waals surface area contributed by atoms with Crippen molar-refractivity contribution in [2.24, 2.45) is 0 Å². The molecule has 0 aliphatic carbocycles. The summed E-state index contributed by atoms with van der Waals surface area (Å²) in [5, 5.41) is 19.9. The van der Waals surface area contributed by atoms with Gasteiger partial charge < -0.3 is 10.0 Å². The molecule has 8 heteroatoms. The summed E-state index contributed by atoms with van der Waals surface area (Å²) in [5.74, 6) is -0.155. The van der Waals surface area contributed by atoms with Gasteiger partial charge in [0.15, 0.2) is 0 Å². The predicted molar refractivity (Wildman–Crippen MR) is 104 cm³/mol. The molecule has 1 aliphatic rings. The first-order chi connectivity index (χ1) is 13.4.